The number of aliphatic hydroxyl groups is 1. The quantitative estimate of drug-likeness (QED) is 0.905. The van der Waals surface area contributed by atoms with Gasteiger partial charge in [-0.25, -0.2) is 4.79 Å². The van der Waals surface area contributed by atoms with E-state index in [1.54, 1.807) is 4.90 Å². The van der Waals surface area contributed by atoms with E-state index in [0.29, 0.717) is 6.42 Å². The number of carbonyl (C=O) groups is 1. The molecule has 0 aromatic heterocycles. The second-order valence-corrected chi connectivity index (χ2v) is 7.11. The molecule has 126 valence electrons. The molecule has 0 fully saturated rings. The van der Waals surface area contributed by atoms with E-state index < -0.39 is 17.8 Å². The molecule has 0 spiro atoms. The van der Waals surface area contributed by atoms with Gasteiger partial charge in [0.15, 0.2) is 0 Å². The lowest BCUT2D eigenvalue weighted by Gasteiger charge is -2.31. The van der Waals surface area contributed by atoms with Crippen molar-refractivity contribution >= 4 is 11.8 Å². The molecule has 1 N–H and O–H groups in total. The number of benzene rings is 2. The van der Waals surface area contributed by atoms with E-state index in [1.165, 1.54) is 0 Å². The number of hydrogen-bond donors (Lipinski definition) is 1. The molecule has 4 nitrogen and oxygen atoms in total. The van der Waals surface area contributed by atoms with E-state index in [9.17, 15) is 9.90 Å². The van der Waals surface area contributed by atoms with Crippen LogP contribution in [-0.4, -0.2) is 22.8 Å². The first-order valence-corrected chi connectivity index (χ1v) is 8.20. The van der Waals surface area contributed by atoms with Gasteiger partial charge in [0.05, 0.1) is 11.7 Å². The average Bonchev–Trinajstić information content (AvgIpc) is 2.93. The Kier molecular flexibility index (Phi) is 4.33. The van der Waals surface area contributed by atoms with Gasteiger partial charge in [0.1, 0.15) is 11.7 Å². The number of amides is 1. The molecule has 0 saturated heterocycles. The molecule has 1 aliphatic rings. The highest BCUT2D eigenvalue weighted by Gasteiger charge is 2.40. The summed E-state index contributed by atoms with van der Waals surface area (Å²) in [7, 11) is 0. The number of para-hydroxylation sites is 1. The number of carbonyl (C=O) groups excluding carboxylic acids is 1. The van der Waals surface area contributed by atoms with Crippen LogP contribution in [-0.2, 0) is 11.2 Å². The summed E-state index contributed by atoms with van der Waals surface area (Å²) in [5.74, 6) is 0. The summed E-state index contributed by atoms with van der Waals surface area (Å²) < 4.78 is 5.57. The van der Waals surface area contributed by atoms with Gasteiger partial charge in [0.25, 0.3) is 0 Å². The maximum atomic E-state index is 12.8. The summed E-state index contributed by atoms with van der Waals surface area (Å²) in [5, 5.41) is 10.9. The first-order valence-electron chi connectivity index (χ1n) is 8.20. The lowest BCUT2D eigenvalue weighted by atomic mass is 9.99. The Morgan fingerprint density at radius 3 is 2.42 bits per heavy atom. The van der Waals surface area contributed by atoms with Crippen molar-refractivity contribution in [1.29, 1.82) is 0 Å². The summed E-state index contributed by atoms with van der Waals surface area (Å²) in [6, 6.07) is 16.8. The molecule has 0 bridgehead atoms. The predicted octanol–water partition coefficient (Wildman–Crippen LogP) is 4.09. The van der Waals surface area contributed by atoms with Gasteiger partial charge in [-0.3, -0.25) is 4.90 Å². The second-order valence-electron chi connectivity index (χ2n) is 7.11. The Morgan fingerprint density at radius 1 is 1.12 bits per heavy atom. The van der Waals surface area contributed by atoms with Crippen LogP contribution in [0.2, 0.25) is 0 Å². The fourth-order valence-electron chi connectivity index (χ4n) is 3.08. The van der Waals surface area contributed by atoms with E-state index in [1.807, 2.05) is 75.4 Å². The minimum Gasteiger partial charge on any atom is -0.443 e. The van der Waals surface area contributed by atoms with Crippen molar-refractivity contribution in [2.24, 2.45) is 0 Å². The van der Waals surface area contributed by atoms with Gasteiger partial charge in [0, 0.05) is 0 Å². The Hall–Kier alpha value is -2.33. The standard InChI is InChI=1S/C20H23NO3/c1-20(2,3)24-19(23)21-16-12-8-7-11-15(16)13-17(21)18(22)14-9-5-4-6-10-14/h4-12,17-18,22H,13H2,1-3H3/t17-,18+/m0/s1. The number of nitrogens with zero attached hydrogens (tertiary/aromatic N) is 1. The van der Waals surface area contributed by atoms with Gasteiger partial charge >= 0.3 is 6.09 Å². The van der Waals surface area contributed by atoms with Crippen molar-refractivity contribution in [3.05, 3.63) is 65.7 Å². The molecular formula is C20H23NO3. The number of ether oxygens (including phenoxy) is 1. The van der Waals surface area contributed by atoms with Gasteiger partial charge in [-0.1, -0.05) is 48.5 Å². The zero-order valence-corrected chi connectivity index (χ0v) is 14.3. The largest absolute Gasteiger partial charge is 0.443 e. The lowest BCUT2D eigenvalue weighted by molar-refractivity contribution is 0.0520. The van der Waals surface area contributed by atoms with Crippen LogP contribution in [0.15, 0.2) is 54.6 Å². The van der Waals surface area contributed by atoms with E-state index in [0.717, 1.165) is 16.8 Å². The molecule has 1 heterocycles. The minimum absolute atomic E-state index is 0.375. The third-order valence-corrected chi connectivity index (χ3v) is 4.11. The van der Waals surface area contributed by atoms with Crippen LogP contribution in [0.4, 0.5) is 10.5 Å². The molecule has 24 heavy (non-hydrogen) atoms. The van der Waals surface area contributed by atoms with Crippen LogP contribution in [0.3, 0.4) is 0 Å². The number of aliphatic hydroxyl groups excluding tert-OH is 1. The monoisotopic (exact) mass is 325 g/mol. The number of hydrogen-bond acceptors (Lipinski definition) is 3. The molecule has 0 unspecified atom stereocenters. The fourth-order valence-corrected chi connectivity index (χ4v) is 3.08. The second kappa shape index (κ2) is 6.29. The van der Waals surface area contributed by atoms with Gasteiger partial charge < -0.3 is 9.84 Å². The Balaban J connectivity index is 1.95. The van der Waals surface area contributed by atoms with Gasteiger partial charge in [-0.05, 0) is 44.4 Å². The first kappa shape index (κ1) is 16.5. The van der Waals surface area contributed by atoms with E-state index in [-0.39, 0.29) is 6.04 Å². The number of fused-ring (bicyclic) bond motifs is 1. The maximum absolute atomic E-state index is 12.8. The van der Waals surface area contributed by atoms with Crippen LogP contribution in [0, 0.1) is 0 Å². The van der Waals surface area contributed by atoms with Crippen molar-refractivity contribution < 1.29 is 14.6 Å². The summed E-state index contributed by atoms with van der Waals surface area (Å²) in [4.78, 5) is 14.4. The molecule has 3 rings (SSSR count). The highest BCUT2D eigenvalue weighted by atomic mass is 16.6. The summed E-state index contributed by atoms with van der Waals surface area (Å²) >= 11 is 0. The van der Waals surface area contributed by atoms with Crippen molar-refractivity contribution in [3.8, 4) is 0 Å². The smallest absolute Gasteiger partial charge is 0.415 e. The molecule has 1 amide bonds. The molecule has 2 aromatic carbocycles. The lowest BCUT2D eigenvalue weighted by Crippen LogP contribution is -2.44. The molecule has 4 heteroatoms. The van der Waals surface area contributed by atoms with Gasteiger partial charge in [-0.2, -0.15) is 0 Å². The van der Waals surface area contributed by atoms with Gasteiger partial charge in [0.2, 0.25) is 0 Å². The van der Waals surface area contributed by atoms with E-state index in [4.69, 9.17) is 4.74 Å². The SMILES string of the molecule is CC(C)(C)OC(=O)N1c2ccccc2C[C@H]1[C@H](O)c1ccccc1. The molecule has 0 aliphatic carbocycles. The van der Waals surface area contributed by atoms with Crippen LogP contribution in [0.25, 0.3) is 0 Å². The van der Waals surface area contributed by atoms with Crippen LogP contribution < -0.4 is 4.90 Å². The first-order chi connectivity index (χ1) is 11.4. The zero-order chi connectivity index (χ0) is 17.3. The highest BCUT2D eigenvalue weighted by molar-refractivity contribution is 5.91. The van der Waals surface area contributed by atoms with Crippen LogP contribution in [0.1, 0.15) is 38.0 Å². The van der Waals surface area contributed by atoms with Crippen molar-refractivity contribution in [1.82, 2.24) is 0 Å². The topological polar surface area (TPSA) is 49.8 Å². The van der Waals surface area contributed by atoms with Crippen LogP contribution in [0.5, 0.6) is 0 Å². The Labute approximate surface area is 142 Å². The average molecular weight is 325 g/mol. The van der Waals surface area contributed by atoms with E-state index >= 15 is 0 Å². The summed E-state index contributed by atoms with van der Waals surface area (Å²) in [6.07, 6.45) is -0.593. The summed E-state index contributed by atoms with van der Waals surface area (Å²) in [5.41, 5.74) is 2.07. The Morgan fingerprint density at radius 2 is 1.75 bits per heavy atom. The van der Waals surface area contributed by atoms with Gasteiger partial charge in [-0.15, -0.1) is 0 Å². The normalized spacial score (nSPS) is 18.2. The minimum atomic E-state index is -0.772. The fraction of sp³-hybridized carbons (Fsp3) is 0.350. The summed E-state index contributed by atoms with van der Waals surface area (Å²) in [6.45, 7) is 5.53. The third kappa shape index (κ3) is 3.29. The highest BCUT2D eigenvalue weighted by Crippen LogP contribution is 2.38. The number of rotatable bonds is 2. The molecular weight excluding hydrogens is 302 g/mol. The van der Waals surface area contributed by atoms with E-state index in [2.05, 4.69) is 0 Å². The van der Waals surface area contributed by atoms with Crippen molar-refractivity contribution in [3.63, 3.8) is 0 Å². The van der Waals surface area contributed by atoms with Crippen LogP contribution >= 0.6 is 0 Å². The molecule has 2 aromatic rings. The molecule has 1 aliphatic heterocycles. The molecule has 0 saturated carbocycles. The van der Waals surface area contributed by atoms with Crippen molar-refractivity contribution in [2.45, 2.75) is 44.9 Å². The number of anilines is 1. The predicted molar refractivity (Wildman–Crippen MR) is 94.0 cm³/mol. The maximum Gasteiger partial charge on any atom is 0.415 e. The molecule has 2 atom stereocenters. The Bertz CT molecular complexity index is 721. The molecule has 0 radical (unpaired) electrons. The third-order valence-electron chi connectivity index (χ3n) is 4.11. The van der Waals surface area contributed by atoms with Crippen molar-refractivity contribution in [2.75, 3.05) is 4.90 Å². The zero-order valence-electron chi connectivity index (χ0n) is 14.3.